The Morgan fingerprint density at radius 3 is 2.38 bits per heavy atom. The average Bonchev–Trinajstić information content (AvgIpc) is 3.16. The first kappa shape index (κ1) is 19.5. The number of fused-ring (bicyclic) bond motifs is 1. The number of nitrogens with zero attached hydrogens (tertiary/aromatic N) is 3. The molecule has 1 aliphatic heterocycles. The predicted molar refractivity (Wildman–Crippen MR) is 95.6 cm³/mol. The number of hydrogen-bond acceptors (Lipinski definition) is 3. The van der Waals surface area contributed by atoms with Crippen LogP contribution in [0.1, 0.15) is 29.0 Å². The van der Waals surface area contributed by atoms with Gasteiger partial charge in [-0.15, -0.1) is 0 Å². The second kappa shape index (κ2) is 6.89. The third kappa shape index (κ3) is 3.73. The van der Waals surface area contributed by atoms with E-state index in [2.05, 4.69) is 9.97 Å². The molecule has 4 rings (SSSR count). The molecule has 1 fully saturated rings. The van der Waals surface area contributed by atoms with Gasteiger partial charge >= 0.3 is 12.4 Å². The number of para-hydroxylation sites is 1. The Morgan fingerprint density at radius 1 is 0.897 bits per heavy atom. The van der Waals surface area contributed by atoms with Crippen LogP contribution in [0.4, 0.5) is 32.2 Å². The minimum atomic E-state index is -4.54. The Morgan fingerprint density at radius 2 is 1.66 bits per heavy atom. The van der Waals surface area contributed by atoms with Crippen LogP contribution in [0.3, 0.4) is 0 Å². The zero-order valence-corrected chi connectivity index (χ0v) is 14.9. The van der Waals surface area contributed by atoms with Crippen LogP contribution in [0.25, 0.3) is 10.9 Å². The Hall–Kier alpha value is -2.84. The Bertz CT molecular complexity index is 1040. The fourth-order valence-electron chi connectivity index (χ4n) is 3.75. The molecule has 0 amide bonds. The lowest BCUT2D eigenvalue weighted by Gasteiger charge is -2.20. The third-order valence-electron chi connectivity index (χ3n) is 5.12. The van der Waals surface area contributed by atoms with Crippen molar-refractivity contribution >= 4 is 16.7 Å². The molecule has 1 atom stereocenters. The van der Waals surface area contributed by atoms with Gasteiger partial charge in [0.1, 0.15) is 12.1 Å². The molecule has 1 unspecified atom stereocenters. The third-order valence-corrected chi connectivity index (χ3v) is 5.12. The standard InChI is InChI=1S/C20H15F6N3/c21-19(22,23)14-4-1-3-12(9-14)13-7-8-29(10-13)18-15-5-2-6-16(20(24,25)26)17(15)27-11-28-18/h1-6,9,11,13H,7-8,10H2. The van der Waals surface area contributed by atoms with E-state index in [-0.39, 0.29) is 16.8 Å². The van der Waals surface area contributed by atoms with Crippen molar-refractivity contribution in [1.82, 2.24) is 9.97 Å². The Kier molecular flexibility index (Phi) is 4.63. The van der Waals surface area contributed by atoms with Crippen molar-refractivity contribution in [3.05, 3.63) is 65.5 Å². The van der Waals surface area contributed by atoms with E-state index in [1.807, 2.05) is 0 Å². The van der Waals surface area contributed by atoms with Crippen molar-refractivity contribution in [2.45, 2.75) is 24.7 Å². The molecule has 0 aliphatic carbocycles. The van der Waals surface area contributed by atoms with E-state index in [1.165, 1.54) is 18.2 Å². The molecule has 0 spiro atoms. The van der Waals surface area contributed by atoms with Crippen molar-refractivity contribution in [1.29, 1.82) is 0 Å². The fourth-order valence-corrected chi connectivity index (χ4v) is 3.75. The zero-order valence-electron chi connectivity index (χ0n) is 14.9. The van der Waals surface area contributed by atoms with Gasteiger partial charge in [0.25, 0.3) is 0 Å². The van der Waals surface area contributed by atoms with Crippen LogP contribution in [0.2, 0.25) is 0 Å². The van der Waals surface area contributed by atoms with E-state index in [0.717, 1.165) is 24.5 Å². The van der Waals surface area contributed by atoms with Gasteiger partial charge in [-0.25, -0.2) is 9.97 Å². The van der Waals surface area contributed by atoms with E-state index in [9.17, 15) is 26.3 Å². The van der Waals surface area contributed by atoms with Crippen LogP contribution in [-0.4, -0.2) is 23.1 Å². The van der Waals surface area contributed by atoms with Crippen LogP contribution in [0, 0.1) is 0 Å². The van der Waals surface area contributed by atoms with Crippen LogP contribution in [0.15, 0.2) is 48.8 Å². The molecule has 0 N–H and O–H groups in total. The fraction of sp³-hybridized carbons (Fsp3) is 0.300. The minimum Gasteiger partial charge on any atom is -0.355 e. The number of benzene rings is 2. The Balaban J connectivity index is 1.66. The number of aromatic nitrogens is 2. The first-order valence-electron chi connectivity index (χ1n) is 8.87. The quantitative estimate of drug-likeness (QED) is 0.510. The summed E-state index contributed by atoms with van der Waals surface area (Å²) in [5.74, 6) is 0.184. The van der Waals surface area contributed by atoms with E-state index in [4.69, 9.17) is 0 Å². The van der Waals surface area contributed by atoms with Crippen molar-refractivity contribution in [3.63, 3.8) is 0 Å². The first-order valence-corrected chi connectivity index (χ1v) is 8.87. The van der Waals surface area contributed by atoms with E-state index in [0.29, 0.717) is 30.9 Å². The Labute approximate surface area is 162 Å². The maximum Gasteiger partial charge on any atom is 0.418 e. The first-order chi connectivity index (χ1) is 13.6. The summed E-state index contributed by atoms with van der Waals surface area (Å²) in [5.41, 5.74) is -1.19. The molecule has 1 aliphatic rings. The lowest BCUT2D eigenvalue weighted by Crippen LogP contribution is -2.21. The molecule has 0 bridgehead atoms. The van der Waals surface area contributed by atoms with Crippen molar-refractivity contribution in [3.8, 4) is 0 Å². The molecule has 1 saturated heterocycles. The molecule has 2 heterocycles. The predicted octanol–water partition coefficient (Wildman–Crippen LogP) is 5.66. The van der Waals surface area contributed by atoms with Crippen LogP contribution < -0.4 is 4.90 Å². The van der Waals surface area contributed by atoms with Gasteiger partial charge in [0.05, 0.1) is 16.6 Å². The molecular formula is C20H15F6N3. The highest BCUT2D eigenvalue weighted by atomic mass is 19.4. The van der Waals surface area contributed by atoms with E-state index in [1.54, 1.807) is 11.0 Å². The maximum atomic E-state index is 13.3. The molecular weight excluding hydrogens is 396 g/mol. The molecule has 3 aromatic rings. The van der Waals surface area contributed by atoms with Crippen molar-refractivity contribution in [2.24, 2.45) is 0 Å². The SMILES string of the molecule is FC(F)(F)c1cccc(C2CCN(c3ncnc4c(C(F)(F)F)cccc34)C2)c1. The molecule has 29 heavy (non-hydrogen) atoms. The van der Waals surface area contributed by atoms with Crippen LogP contribution in [0.5, 0.6) is 0 Å². The van der Waals surface area contributed by atoms with Crippen LogP contribution >= 0.6 is 0 Å². The highest BCUT2D eigenvalue weighted by Crippen LogP contribution is 2.38. The molecule has 0 radical (unpaired) electrons. The topological polar surface area (TPSA) is 29.0 Å². The molecule has 9 heteroatoms. The van der Waals surface area contributed by atoms with E-state index >= 15 is 0 Å². The van der Waals surface area contributed by atoms with Gasteiger partial charge in [-0.3, -0.25) is 0 Å². The smallest absolute Gasteiger partial charge is 0.355 e. The van der Waals surface area contributed by atoms with Gasteiger partial charge in [0.15, 0.2) is 0 Å². The minimum absolute atomic E-state index is 0.173. The number of anilines is 1. The monoisotopic (exact) mass is 411 g/mol. The summed E-state index contributed by atoms with van der Waals surface area (Å²) in [7, 11) is 0. The summed E-state index contributed by atoms with van der Waals surface area (Å²) < 4.78 is 78.8. The number of halogens is 6. The summed E-state index contributed by atoms with van der Waals surface area (Å²) in [6.07, 6.45) is -7.31. The highest BCUT2D eigenvalue weighted by Gasteiger charge is 2.35. The average molecular weight is 411 g/mol. The van der Waals surface area contributed by atoms with Gasteiger partial charge in [-0.1, -0.05) is 24.3 Å². The van der Waals surface area contributed by atoms with Gasteiger partial charge in [0, 0.05) is 24.4 Å². The lowest BCUT2D eigenvalue weighted by molar-refractivity contribution is -0.138. The molecule has 3 nitrogen and oxygen atoms in total. The normalized spacial score (nSPS) is 17.9. The largest absolute Gasteiger partial charge is 0.418 e. The van der Waals surface area contributed by atoms with Crippen LogP contribution in [-0.2, 0) is 12.4 Å². The van der Waals surface area contributed by atoms with Gasteiger partial charge in [-0.05, 0) is 30.2 Å². The van der Waals surface area contributed by atoms with Gasteiger partial charge in [-0.2, -0.15) is 26.3 Å². The maximum absolute atomic E-state index is 13.3. The number of hydrogen-bond donors (Lipinski definition) is 0. The van der Waals surface area contributed by atoms with Crippen molar-refractivity contribution in [2.75, 3.05) is 18.0 Å². The second-order valence-electron chi connectivity index (χ2n) is 6.95. The molecule has 152 valence electrons. The summed E-state index contributed by atoms with van der Waals surface area (Å²) in [4.78, 5) is 9.78. The summed E-state index contributed by atoms with van der Waals surface area (Å²) >= 11 is 0. The van der Waals surface area contributed by atoms with E-state index < -0.39 is 23.5 Å². The molecule has 2 aromatic carbocycles. The number of alkyl halides is 6. The summed E-state index contributed by atoms with van der Waals surface area (Å²) in [6, 6.07) is 8.96. The molecule has 1 aromatic heterocycles. The summed E-state index contributed by atoms with van der Waals surface area (Å²) in [6.45, 7) is 0.840. The second-order valence-corrected chi connectivity index (χ2v) is 6.95. The van der Waals surface area contributed by atoms with Gasteiger partial charge < -0.3 is 4.90 Å². The highest BCUT2D eigenvalue weighted by molar-refractivity contribution is 5.91. The summed E-state index contributed by atoms with van der Waals surface area (Å²) in [5, 5.41) is 0.270. The van der Waals surface area contributed by atoms with Gasteiger partial charge in [0.2, 0.25) is 0 Å². The number of rotatable bonds is 2. The molecule has 0 saturated carbocycles. The lowest BCUT2D eigenvalue weighted by atomic mass is 9.96. The van der Waals surface area contributed by atoms with Crippen molar-refractivity contribution < 1.29 is 26.3 Å². The zero-order chi connectivity index (χ0) is 20.8.